The zero-order chi connectivity index (χ0) is 22.0. The smallest absolute Gasteiger partial charge is 0.0433 e. The predicted octanol–water partition coefficient (Wildman–Crippen LogP) is 7.10. The standard InChI is InChI=1S/C29H46N2/c1-18(2)22-12-15-31-27(22)16-19(3)24-8-9-25-23-7-6-20-17-21(30)10-13-28(20,4)26(23)11-14-29(24,25)5/h7,19-21,24-26H,6,8-17,30H2,1-5H3/t19-,20+,21-,24-,25+,26+,28+,29-/m1/s1. The molecule has 8 atom stereocenters. The molecule has 5 rings (SSSR count). The fraction of sp³-hybridized carbons (Fsp3) is 0.828. The molecule has 0 aromatic heterocycles. The molecule has 0 unspecified atom stereocenters. The van der Waals surface area contributed by atoms with Crippen LogP contribution in [0.4, 0.5) is 0 Å². The molecule has 2 heteroatoms. The molecule has 0 aromatic rings. The highest BCUT2D eigenvalue weighted by molar-refractivity contribution is 6.02. The third-order valence-corrected chi connectivity index (χ3v) is 11.0. The zero-order valence-electron chi connectivity index (χ0n) is 20.8. The molecule has 0 amide bonds. The number of rotatable bonds is 3. The van der Waals surface area contributed by atoms with Crippen molar-refractivity contribution in [1.29, 1.82) is 0 Å². The summed E-state index contributed by atoms with van der Waals surface area (Å²) in [7, 11) is 0. The Kier molecular flexibility index (Phi) is 5.56. The van der Waals surface area contributed by atoms with Gasteiger partial charge in [0.05, 0.1) is 0 Å². The van der Waals surface area contributed by atoms with Crippen LogP contribution in [0.1, 0.15) is 98.8 Å². The first kappa shape index (κ1) is 21.9. The molecule has 4 aliphatic carbocycles. The van der Waals surface area contributed by atoms with Gasteiger partial charge < -0.3 is 5.73 Å². The summed E-state index contributed by atoms with van der Waals surface area (Å²) in [5, 5.41) is 0. The maximum atomic E-state index is 6.39. The highest BCUT2D eigenvalue weighted by atomic mass is 14.8. The summed E-state index contributed by atoms with van der Waals surface area (Å²) in [6.07, 6.45) is 16.0. The Morgan fingerprint density at radius 3 is 2.61 bits per heavy atom. The van der Waals surface area contributed by atoms with Gasteiger partial charge in [0.2, 0.25) is 0 Å². The van der Waals surface area contributed by atoms with Crippen molar-refractivity contribution in [3.63, 3.8) is 0 Å². The van der Waals surface area contributed by atoms with Crippen molar-refractivity contribution in [2.45, 2.75) is 105 Å². The fourth-order valence-electron chi connectivity index (χ4n) is 9.24. The largest absolute Gasteiger partial charge is 0.328 e. The van der Waals surface area contributed by atoms with Gasteiger partial charge in [-0.2, -0.15) is 0 Å². The topological polar surface area (TPSA) is 38.4 Å². The second-order valence-electron chi connectivity index (χ2n) is 12.7. The molecule has 2 nitrogen and oxygen atoms in total. The minimum absolute atomic E-state index is 0.447. The van der Waals surface area contributed by atoms with E-state index in [1.807, 2.05) is 5.57 Å². The van der Waals surface area contributed by atoms with E-state index in [1.54, 1.807) is 5.57 Å². The summed E-state index contributed by atoms with van der Waals surface area (Å²) in [6, 6.07) is 0.447. The lowest BCUT2D eigenvalue weighted by Gasteiger charge is -2.58. The minimum Gasteiger partial charge on any atom is -0.328 e. The normalized spacial score (nSPS) is 45.4. The molecular formula is C29H46N2. The van der Waals surface area contributed by atoms with Crippen LogP contribution in [0.5, 0.6) is 0 Å². The van der Waals surface area contributed by atoms with Crippen LogP contribution < -0.4 is 5.73 Å². The molecule has 0 spiro atoms. The third kappa shape index (κ3) is 3.42. The van der Waals surface area contributed by atoms with Crippen molar-refractivity contribution < 1.29 is 0 Å². The number of aliphatic imine (C=N–C) groups is 1. The Morgan fingerprint density at radius 1 is 1.10 bits per heavy atom. The lowest BCUT2D eigenvalue weighted by atomic mass is 9.47. The SMILES string of the molecule is CC(C)=C1CCN=C1C[C@@H](C)[C@H]1CC[C@H]2C3=CC[C@H]4C[C@H](N)CC[C@]4(C)[C@H]3CC[C@]12C. The van der Waals surface area contributed by atoms with Crippen molar-refractivity contribution >= 4 is 5.71 Å². The van der Waals surface area contributed by atoms with Crippen molar-refractivity contribution in [2.75, 3.05) is 6.54 Å². The molecule has 3 saturated carbocycles. The van der Waals surface area contributed by atoms with Crippen molar-refractivity contribution in [2.24, 2.45) is 51.1 Å². The van der Waals surface area contributed by atoms with E-state index < -0.39 is 0 Å². The molecule has 0 bridgehead atoms. The Bertz CT molecular complexity index is 815. The molecular weight excluding hydrogens is 376 g/mol. The predicted molar refractivity (Wildman–Crippen MR) is 132 cm³/mol. The lowest BCUT2D eigenvalue weighted by Crippen LogP contribution is -2.50. The van der Waals surface area contributed by atoms with Crippen LogP contribution >= 0.6 is 0 Å². The number of hydrogen-bond donors (Lipinski definition) is 1. The monoisotopic (exact) mass is 422 g/mol. The van der Waals surface area contributed by atoms with Crippen molar-refractivity contribution in [1.82, 2.24) is 0 Å². The summed E-state index contributed by atoms with van der Waals surface area (Å²) in [4.78, 5) is 4.94. The van der Waals surface area contributed by atoms with Crippen LogP contribution in [-0.2, 0) is 0 Å². The Morgan fingerprint density at radius 2 is 1.84 bits per heavy atom. The van der Waals surface area contributed by atoms with Gasteiger partial charge in [0, 0.05) is 18.3 Å². The van der Waals surface area contributed by atoms with Gasteiger partial charge in [-0.05, 0) is 124 Å². The van der Waals surface area contributed by atoms with Crippen molar-refractivity contribution in [3.8, 4) is 0 Å². The van der Waals surface area contributed by atoms with Crippen LogP contribution in [0.25, 0.3) is 0 Å². The molecule has 5 aliphatic rings. The third-order valence-electron chi connectivity index (χ3n) is 11.0. The average Bonchev–Trinajstić information content (AvgIpc) is 3.32. The Labute approximate surface area is 191 Å². The molecule has 1 aliphatic heterocycles. The second kappa shape index (κ2) is 7.86. The number of nitrogens with zero attached hydrogens (tertiary/aromatic N) is 1. The van der Waals surface area contributed by atoms with Gasteiger partial charge in [0.25, 0.3) is 0 Å². The molecule has 0 aromatic carbocycles. The van der Waals surface area contributed by atoms with E-state index in [4.69, 9.17) is 10.7 Å². The van der Waals surface area contributed by atoms with E-state index >= 15 is 0 Å². The number of hydrogen-bond acceptors (Lipinski definition) is 2. The van der Waals surface area contributed by atoms with E-state index in [0.29, 0.717) is 16.9 Å². The Balaban J connectivity index is 1.36. The minimum atomic E-state index is 0.447. The van der Waals surface area contributed by atoms with Crippen LogP contribution in [0.15, 0.2) is 27.8 Å². The molecule has 2 N–H and O–H groups in total. The van der Waals surface area contributed by atoms with Crippen LogP contribution in [-0.4, -0.2) is 18.3 Å². The Hall–Kier alpha value is -0.890. The van der Waals surface area contributed by atoms with Gasteiger partial charge in [-0.15, -0.1) is 0 Å². The van der Waals surface area contributed by atoms with Crippen LogP contribution in [0.3, 0.4) is 0 Å². The first-order valence-electron chi connectivity index (χ1n) is 13.4. The van der Waals surface area contributed by atoms with Gasteiger partial charge in [0.1, 0.15) is 0 Å². The van der Waals surface area contributed by atoms with Gasteiger partial charge in [0.15, 0.2) is 0 Å². The van der Waals surface area contributed by atoms with Crippen LogP contribution in [0.2, 0.25) is 0 Å². The van der Waals surface area contributed by atoms with Gasteiger partial charge in [-0.25, -0.2) is 0 Å². The number of nitrogens with two attached hydrogens (primary N) is 1. The molecule has 1 heterocycles. The molecule has 3 fully saturated rings. The molecule has 0 saturated heterocycles. The van der Waals surface area contributed by atoms with Crippen molar-refractivity contribution in [3.05, 3.63) is 22.8 Å². The quantitative estimate of drug-likeness (QED) is 0.484. The first-order chi connectivity index (χ1) is 14.7. The highest BCUT2D eigenvalue weighted by Gasteiger charge is 2.58. The molecule has 0 radical (unpaired) electrons. The summed E-state index contributed by atoms with van der Waals surface area (Å²) in [5.74, 6) is 4.10. The van der Waals surface area contributed by atoms with Gasteiger partial charge in [-0.1, -0.05) is 38.0 Å². The van der Waals surface area contributed by atoms with E-state index in [2.05, 4.69) is 40.7 Å². The fourth-order valence-corrected chi connectivity index (χ4v) is 9.24. The summed E-state index contributed by atoms with van der Waals surface area (Å²) >= 11 is 0. The summed E-state index contributed by atoms with van der Waals surface area (Å²) in [6.45, 7) is 13.4. The maximum Gasteiger partial charge on any atom is 0.0433 e. The second-order valence-corrected chi connectivity index (χ2v) is 12.7. The van der Waals surface area contributed by atoms with Gasteiger partial charge in [-0.3, -0.25) is 4.99 Å². The zero-order valence-corrected chi connectivity index (χ0v) is 20.8. The first-order valence-corrected chi connectivity index (χ1v) is 13.4. The summed E-state index contributed by atoms with van der Waals surface area (Å²) < 4.78 is 0. The van der Waals surface area contributed by atoms with Gasteiger partial charge >= 0.3 is 0 Å². The maximum absolute atomic E-state index is 6.39. The van der Waals surface area contributed by atoms with E-state index in [-0.39, 0.29) is 0 Å². The number of allylic oxidation sites excluding steroid dienone is 3. The van der Waals surface area contributed by atoms with Crippen LogP contribution in [0, 0.1) is 40.4 Å². The van der Waals surface area contributed by atoms with E-state index in [1.165, 1.54) is 75.5 Å². The number of fused-ring (bicyclic) bond motifs is 5. The van der Waals surface area contributed by atoms with E-state index in [9.17, 15) is 0 Å². The molecule has 172 valence electrons. The summed E-state index contributed by atoms with van der Waals surface area (Å²) in [5.41, 5.74) is 13.8. The molecule has 31 heavy (non-hydrogen) atoms. The lowest BCUT2D eigenvalue weighted by molar-refractivity contribution is -0.0109. The average molecular weight is 423 g/mol. The highest BCUT2D eigenvalue weighted by Crippen LogP contribution is 2.66. The van der Waals surface area contributed by atoms with E-state index in [0.717, 1.165) is 36.1 Å².